The zero-order valence-corrected chi connectivity index (χ0v) is 20.3. The van der Waals surface area contributed by atoms with Gasteiger partial charge < -0.3 is 5.73 Å². The molecule has 1 atom stereocenters. The van der Waals surface area contributed by atoms with Gasteiger partial charge in [0.15, 0.2) is 10.9 Å². The van der Waals surface area contributed by atoms with E-state index in [1.54, 1.807) is 43.3 Å². The zero-order valence-electron chi connectivity index (χ0n) is 19.5. The third-order valence-corrected chi connectivity index (χ3v) is 6.35. The Kier molecular flexibility index (Phi) is 8.18. The summed E-state index contributed by atoms with van der Waals surface area (Å²) in [5, 5.41) is 7.61. The summed E-state index contributed by atoms with van der Waals surface area (Å²) in [4.78, 5) is 25.3. The summed E-state index contributed by atoms with van der Waals surface area (Å²) in [5.41, 5.74) is 7.45. The minimum Gasteiger partial charge on any atom is -0.383 e. The van der Waals surface area contributed by atoms with Crippen molar-refractivity contribution in [3.8, 4) is 5.75 Å². The van der Waals surface area contributed by atoms with Gasteiger partial charge in [0, 0.05) is 16.5 Å². The van der Waals surface area contributed by atoms with Gasteiger partial charge in [0.25, 0.3) is 0 Å². The summed E-state index contributed by atoms with van der Waals surface area (Å²) in [7, 11) is 0. The van der Waals surface area contributed by atoms with Crippen molar-refractivity contribution in [2.75, 3.05) is 0 Å². The van der Waals surface area contributed by atoms with E-state index < -0.39 is 28.5 Å². The molecule has 1 fully saturated rings. The Balaban J connectivity index is 1.44. The van der Waals surface area contributed by atoms with Crippen LogP contribution in [0, 0.1) is 0 Å². The number of hydrogen-bond donors (Lipinski definition) is 1. The van der Waals surface area contributed by atoms with Crippen LogP contribution < -0.4 is 10.7 Å². The Morgan fingerprint density at radius 1 is 1.16 bits per heavy atom. The van der Waals surface area contributed by atoms with Gasteiger partial charge in [-0.2, -0.15) is 5.10 Å². The van der Waals surface area contributed by atoms with E-state index in [0.29, 0.717) is 16.8 Å². The highest BCUT2D eigenvalue weighted by molar-refractivity contribution is 8.15. The Morgan fingerprint density at radius 3 is 2.57 bits per heavy atom. The molecule has 190 valence electrons. The maximum absolute atomic E-state index is 14.4. The molecule has 2 aromatic rings. The molecule has 37 heavy (non-hydrogen) atoms. The largest absolute Gasteiger partial charge is 0.383 e. The highest BCUT2D eigenvalue weighted by Gasteiger charge is 2.40. The second-order valence-electron chi connectivity index (χ2n) is 7.86. The van der Waals surface area contributed by atoms with Crippen molar-refractivity contribution in [1.29, 1.82) is 0 Å². The minimum atomic E-state index is -0.785. The molecule has 2 N–H and O–H groups in total. The number of aliphatic imine (C=N–C) groups is 2. The fourth-order valence-corrected chi connectivity index (χ4v) is 4.31. The predicted octanol–water partition coefficient (Wildman–Crippen LogP) is 5.50. The normalized spacial score (nSPS) is 20.0. The predicted molar refractivity (Wildman–Crippen MR) is 139 cm³/mol. The third-order valence-electron chi connectivity index (χ3n) is 5.32. The molecule has 4 rings (SSSR count). The van der Waals surface area contributed by atoms with Gasteiger partial charge in [0.05, 0.1) is 17.2 Å². The lowest BCUT2D eigenvalue weighted by atomic mass is 10.1. The summed E-state index contributed by atoms with van der Waals surface area (Å²) in [6.07, 6.45) is 4.24. The van der Waals surface area contributed by atoms with Crippen molar-refractivity contribution < 1.29 is 23.0 Å². The molecule has 1 saturated heterocycles. The number of amidine groups is 2. The maximum Gasteiger partial charge on any atom is 0.246 e. The average molecular weight is 527 g/mol. The number of carbonyl (C=O) groups excluding carboxylic acids is 1. The molecule has 0 saturated carbocycles. The topological polar surface area (TPSA) is 105 Å². The van der Waals surface area contributed by atoms with Crippen LogP contribution in [0.15, 0.2) is 92.1 Å². The molecule has 2 aliphatic rings. The van der Waals surface area contributed by atoms with Crippen LogP contribution in [0.4, 0.5) is 19.0 Å². The second-order valence-corrected chi connectivity index (χ2v) is 9.17. The molecule has 0 aromatic heterocycles. The SMILES string of the molecule is CC1S/C(=N\N=C\c2ccc(C(N)=NC=Nc3ccc(OF)cc3)cc2)N(C2=C(F)CCC=C2F)C1=O. The van der Waals surface area contributed by atoms with Gasteiger partial charge in [-0.15, -0.1) is 5.10 Å². The number of rotatable bonds is 7. The average Bonchev–Trinajstić information content (AvgIpc) is 3.17. The third kappa shape index (κ3) is 6.15. The summed E-state index contributed by atoms with van der Waals surface area (Å²) < 4.78 is 40.8. The zero-order chi connectivity index (χ0) is 26.4. The van der Waals surface area contributed by atoms with Crippen LogP contribution in [0.2, 0.25) is 0 Å². The Hall–Kier alpha value is -4.19. The van der Waals surface area contributed by atoms with Crippen molar-refractivity contribution in [1.82, 2.24) is 4.90 Å². The quantitative estimate of drug-likeness (QED) is 0.292. The molecule has 12 heteroatoms. The molecule has 0 radical (unpaired) electrons. The first-order valence-corrected chi connectivity index (χ1v) is 12.0. The number of carbonyl (C=O) groups is 1. The number of amides is 1. The van der Waals surface area contributed by atoms with Crippen LogP contribution in [0.1, 0.15) is 30.9 Å². The summed E-state index contributed by atoms with van der Waals surface area (Å²) in [5.74, 6) is -1.64. The van der Waals surface area contributed by atoms with Gasteiger partial charge in [0.1, 0.15) is 29.5 Å². The van der Waals surface area contributed by atoms with Crippen LogP contribution in [-0.4, -0.2) is 39.6 Å². The number of benzene rings is 2. The summed E-state index contributed by atoms with van der Waals surface area (Å²) in [6.45, 7) is 1.64. The van der Waals surface area contributed by atoms with Crippen LogP contribution in [0.25, 0.3) is 0 Å². The lowest BCUT2D eigenvalue weighted by Gasteiger charge is -2.21. The Labute approximate surface area is 214 Å². The molecule has 1 aliphatic heterocycles. The molecule has 8 nitrogen and oxygen atoms in total. The van der Waals surface area contributed by atoms with E-state index in [4.69, 9.17) is 5.73 Å². The smallest absolute Gasteiger partial charge is 0.246 e. The minimum absolute atomic E-state index is 0.0236. The molecular weight excluding hydrogens is 505 g/mol. The lowest BCUT2D eigenvalue weighted by molar-refractivity contribution is -0.124. The van der Waals surface area contributed by atoms with Gasteiger partial charge in [-0.1, -0.05) is 36.0 Å². The van der Waals surface area contributed by atoms with Gasteiger partial charge >= 0.3 is 0 Å². The molecule has 1 amide bonds. The van der Waals surface area contributed by atoms with E-state index in [9.17, 15) is 18.1 Å². The highest BCUT2D eigenvalue weighted by atomic mass is 32.2. The lowest BCUT2D eigenvalue weighted by Crippen LogP contribution is -2.32. The van der Waals surface area contributed by atoms with Crippen LogP contribution >= 0.6 is 11.8 Å². The number of halogens is 3. The van der Waals surface area contributed by atoms with Crippen molar-refractivity contribution in [2.45, 2.75) is 25.0 Å². The van der Waals surface area contributed by atoms with Crippen molar-refractivity contribution in [3.63, 3.8) is 0 Å². The number of allylic oxidation sites excluding steroid dienone is 3. The standard InChI is InChI=1S/C25H21F3N6O2S/c1-15-24(35)34(22-20(26)3-2-4-21(22)27)25(37-15)33-32-13-16-5-7-17(8-6-16)23(29)31-14-30-18-9-11-19(36-28)12-10-18/h3,5-15H,2,4H2,1H3,(H2,29,30,31)/b32-13+,33-25-. The highest BCUT2D eigenvalue weighted by Crippen LogP contribution is 2.37. The molecule has 1 heterocycles. The molecular formula is C25H21F3N6O2S. The number of thioether (sulfide) groups is 1. The second kappa shape index (κ2) is 11.7. The molecule has 1 aliphatic carbocycles. The first kappa shape index (κ1) is 25.9. The van der Waals surface area contributed by atoms with Crippen molar-refractivity contribution in [2.24, 2.45) is 25.9 Å². The van der Waals surface area contributed by atoms with Gasteiger partial charge in [0.2, 0.25) is 5.91 Å². The van der Waals surface area contributed by atoms with E-state index in [-0.39, 0.29) is 29.6 Å². The number of nitrogens with zero attached hydrogens (tertiary/aromatic N) is 5. The van der Waals surface area contributed by atoms with Crippen LogP contribution in [0.5, 0.6) is 5.75 Å². The molecule has 0 spiro atoms. The van der Waals surface area contributed by atoms with Gasteiger partial charge in [-0.3, -0.25) is 14.6 Å². The number of nitrogens with two attached hydrogens (primary N) is 1. The fourth-order valence-electron chi connectivity index (χ4n) is 3.41. The van der Waals surface area contributed by atoms with Crippen molar-refractivity contribution in [3.05, 3.63) is 83.1 Å². The first-order valence-electron chi connectivity index (χ1n) is 11.1. The fraction of sp³-hybridized carbons (Fsp3) is 0.160. The van der Waals surface area contributed by atoms with E-state index >= 15 is 0 Å². The van der Waals surface area contributed by atoms with Crippen LogP contribution in [-0.2, 0) is 4.79 Å². The molecule has 1 unspecified atom stereocenters. The summed E-state index contributed by atoms with van der Waals surface area (Å²) >= 11 is 1.08. The first-order chi connectivity index (χ1) is 17.9. The maximum atomic E-state index is 14.4. The van der Waals surface area contributed by atoms with E-state index in [2.05, 4.69) is 25.1 Å². The van der Waals surface area contributed by atoms with Gasteiger partial charge in [-0.25, -0.2) is 18.8 Å². The molecule has 0 bridgehead atoms. The van der Waals surface area contributed by atoms with Crippen LogP contribution in [0.3, 0.4) is 0 Å². The monoisotopic (exact) mass is 526 g/mol. The Bertz CT molecular complexity index is 1350. The van der Waals surface area contributed by atoms with Crippen molar-refractivity contribution >= 4 is 46.9 Å². The van der Waals surface area contributed by atoms with E-state index in [1.165, 1.54) is 30.8 Å². The number of hydrogen-bond acceptors (Lipinski definition) is 6. The molecule has 2 aromatic carbocycles. The summed E-state index contributed by atoms with van der Waals surface area (Å²) in [6, 6.07) is 12.9. The Morgan fingerprint density at radius 2 is 1.89 bits per heavy atom. The van der Waals surface area contributed by atoms with E-state index in [1.807, 2.05) is 0 Å². The van der Waals surface area contributed by atoms with E-state index in [0.717, 1.165) is 16.7 Å². The van der Waals surface area contributed by atoms with Gasteiger partial charge in [-0.05, 0) is 49.2 Å².